The number of carbonyl (C=O) groups excluding carboxylic acids is 3. The molecule has 2 saturated carbocycles. The molecule has 2 rings (SSSR count). The first-order chi connectivity index (χ1) is 13.1. The van der Waals surface area contributed by atoms with E-state index in [1.807, 2.05) is 13.8 Å². The monoisotopic (exact) mass is 390 g/mol. The summed E-state index contributed by atoms with van der Waals surface area (Å²) in [6, 6.07) is 0. The third-order valence-electron chi connectivity index (χ3n) is 6.44. The Morgan fingerprint density at radius 3 is 2.43 bits per heavy atom. The summed E-state index contributed by atoms with van der Waals surface area (Å²) in [6.07, 6.45) is 2.53. The predicted octanol–water partition coefficient (Wildman–Crippen LogP) is 4.26. The molecule has 6 atom stereocenters. The van der Waals surface area contributed by atoms with E-state index < -0.39 is 6.10 Å². The number of fused-ring (bicyclic) bond motifs is 1. The number of carbonyl (C=O) groups is 3. The summed E-state index contributed by atoms with van der Waals surface area (Å²) in [4.78, 5) is 36.6. The Balaban J connectivity index is 2.26. The van der Waals surface area contributed by atoms with Gasteiger partial charge in [-0.2, -0.15) is 0 Å². The van der Waals surface area contributed by atoms with Crippen LogP contribution in [0.3, 0.4) is 0 Å². The summed E-state index contributed by atoms with van der Waals surface area (Å²) in [7, 11) is 0. The lowest BCUT2D eigenvalue weighted by molar-refractivity contribution is -0.153. The molecule has 0 N–H and O–H groups in total. The van der Waals surface area contributed by atoms with Gasteiger partial charge in [-0.15, -0.1) is 0 Å². The summed E-state index contributed by atoms with van der Waals surface area (Å²) < 4.78 is 11.1. The van der Waals surface area contributed by atoms with Crippen LogP contribution in [0.4, 0.5) is 0 Å². The van der Waals surface area contributed by atoms with Gasteiger partial charge in [0, 0.05) is 19.4 Å². The van der Waals surface area contributed by atoms with Crippen molar-refractivity contribution in [3.8, 4) is 0 Å². The van der Waals surface area contributed by atoms with Crippen molar-refractivity contribution in [2.45, 2.75) is 73.0 Å². The third kappa shape index (κ3) is 4.73. The van der Waals surface area contributed by atoms with E-state index in [-0.39, 0.29) is 47.5 Å². The first-order valence-electron chi connectivity index (χ1n) is 10.3. The van der Waals surface area contributed by atoms with Gasteiger partial charge in [0.25, 0.3) is 0 Å². The van der Waals surface area contributed by atoms with Crippen molar-refractivity contribution < 1.29 is 23.9 Å². The molecular weight excluding hydrogens is 356 g/mol. The number of ether oxygens (including phenoxy) is 2. The fourth-order valence-electron chi connectivity index (χ4n) is 4.92. The maximum atomic E-state index is 12.8. The summed E-state index contributed by atoms with van der Waals surface area (Å²) >= 11 is 0. The Hall–Kier alpha value is -1.91. The second-order valence-electron chi connectivity index (χ2n) is 8.68. The third-order valence-corrected chi connectivity index (χ3v) is 6.44. The van der Waals surface area contributed by atoms with Gasteiger partial charge in [0.05, 0.1) is 5.92 Å². The molecule has 0 aromatic carbocycles. The minimum Gasteiger partial charge on any atom is -0.462 e. The second-order valence-corrected chi connectivity index (χ2v) is 8.68. The van der Waals surface area contributed by atoms with E-state index in [2.05, 4.69) is 20.4 Å². The fourth-order valence-corrected chi connectivity index (χ4v) is 4.92. The Kier molecular flexibility index (Phi) is 7.24. The second kappa shape index (κ2) is 9.06. The highest BCUT2D eigenvalue weighted by molar-refractivity contribution is 5.86. The molecule has 2 unspecified atom stereocenters. The van der Waals surface area contributed by atoms with Crippen LogP contribution in [0, 0.1) is 29.6 Å². The minimum absolute atomic E-state index is 0.0364. The molecule has 5 nitrogen and oxygen atoms in total. The fraction of sp³-hybridized carbons (Fsp3) is 0.696. The maximum Gasteiger partial charge on any atom is 0.331 e. The van der Waals surface area contributed by atoms with Crippen LogP contribution in [0.25, 0.3) is 0 Å². The SMILES string of the molecule is C=C1[C@H](OC(=O)/C=C(\C)CC)C[C@@H](C(C)C)C2C([C@@H](C)OC(C)=O)C(=O)C[C@@H]12. The van der Waals surface area contributed by atoms with E-state index in [4.69, 9.17) is 9.47 Å². The van der Waals surface area contributed by atoms with Gasteiger partial charge in [-0.3, -0.25) is 9.59 Å². The Labute approximate surface area is 168 Å². The normalized spacial score (nSPS) is 31.5. The van der Waals surface area contributed by atoms with Gasteiger partial charge in [0.2, 0.25) is 0 Å². The van der Waals surface area contributed by atoms with E-state index in [1.165, 1.54) is 13.0 Å². The van der Waals surface area contributed by atoms with Gasteiger partial charge in [-0.25, -0.2) is 4.79 Å². The van der Waals surface area contributed by atoms with Crippen molar-refractivity contribution in [1.29, 1.82) is 0 Å². The highest BCUT2D eigenvalue weighted by atomic mass is 16.5. The van der Waals surface area contributed by atoms with Crippen molar-refractivity contribution in [2.75, 3.05) is 0 Å². The van der Waals surface area contributed by atoms with Crippen LogP contribution in [-0.4, -0.2) is 29.9 Å². The topological polar surface area (TPSA) is 69.7 Å². The van der Waals surface area contributed by atoms with Gasteiger partial charge >= 0.3 is 11.9 Å². The molecule has 0 radical (unpaired) electrons. The molecule has 0 heterocycles. The van der Waals surface area contributed by atoms with Crippen LogP contribution < -0.4 is 0 Å². The largest absolute Gasteiger partial charge is 0.462 e. The number of rotatable bonds is 6. The van der Waals surface area contributed by atoms with Gasteiger partial charge in [0.15, 0.2) is 0 Å². The average molecular weight is 391 g/mol. The molecule has 28 heavy (non-hydrogen) atoms. The highest BCUT2D eigenvalue weighted by Gasteiger charge is 2.55. The van der Waals surface area contributed by atoms with E-state index in [0.29, 0.717) is 18.8 Å². The number of allylic oxidation sites excluding steroid dienone is 1. The lowest BCUT2D eigenvalue weighted by Crippen LogP contribution is -2.44. The molecule has 2 fully saturated rings. The van der Waals surface area contributed by atoms with Crippen LogP contribution in [0.2, 0.25) is 0 Å². The molecule has 0 aromatic heterocycles. The number of ketones is 1. The molecule has 0 aromatic rings. The van der Waals surface area contributed by atoms with Crippen LogP contribution in [-0.2, 0) is 23.9 Å². The van der Waals surface area contributed by atoms with Gasteiger partial charge < -0.3 is 9.47 Å². The van der Waals surface area contributed by atoms with E-state index in [1.54, 1.807) is 6.92 Å². The zero-order chi connectivity index (χ0) is 21.2. The highest BCUT2D eigenvalue weighted by Crippen LogP contribution is 2.53. The van der Waals surface area contributed by atoms with Crippen molar-refractivity contribution in [1.82, 2.24) is 0 Å². The van der Waals surface area contributed by atoms with Gasteiger partial charge in [-0.1, -0.05) is 32.9 Å². The van der Waals surface area contributed by atoms with E-state index >= 15 is 0 Å². The smallest absolute Gasteiger partial charge is 0.331 e. The Bertz CT molecular complexity index is 674. The number of hydrogen-bond acceptors (Lipinski definition) is 5. The van der Waals surface area contributed by atoms with Gasteiger partial charge in [0.1, 0.15) is 18.0 Å². The van der Waals surface area contributed by atoms with Crippen molar-refractivity contribution in [3.05, 3.63) is 23.8 Å². The Morgan fingerprint density at radius 1 is 1.25 bits per heavy atom. The standard InChI is InChI=1S/C23H34O5/c1-8-13(4)9-21(26)28-20-11-17(12(2)3)23-18(14(20)5)10-19(25)22(23)15(6)27-16(7)24/h9,12,15,17-18,20,22-23H,5,8,10-11H2,1-4,6-7H3/b13-9+/t15-,17+,18+,20-,22?,23?/m1/s1. The minimum atomic E-state index is -0.455. The quantitative estimate of drug-likeness (QED) is 0.385. The molecule has 2 aliphatic carbocycles. The zero-order valence-electron chi connectivity index (χ0n) is 18.0. The number of esters is 2. The molecule has 0 amide bonds. The van der Waals surface area contributed by atoms with Crippen molar-refractivity contribution >= 4 is 17.7 Å². The molecule has 156 valence electrons. The van der Waals surface area contributed by atoms with Crippen LogP contribution in [0.5, 0.6) is 0 Å². The molecule has 5 heteroatoms. The van der Waals surface area contributed by atoms with Crippen LogP contribution >= 0.6 is 0 Å². The molecule has 0 spiro atoms. The summed E-state index contributed by atoms with van der Waals surface area (Å²) in [6.45, 7) is 15.5. The summed E-state index contributed by atoms with van der Waals surface area (Å²) in [5, 5.41) is 0. The lowest BCUT2D eigenvalue weighted by Gasteiger charge is -2.44. The van der Waals surface area contributed by atoms with Gasteiger partial charge in [-0.05, 0) is 55.9 Å². The molecule has 0 bridgehead atoms. The van der Waals surface area contributed by atoms with Crippen molar-refractivity contribution in [2.24, 2.45) is 29.6 Å². The molecule has 2 aliphatic rings. The summed E-state index contributed by atoms with van der Waals surface area (Å²) in [5.74, 6) is -0.388. The average Bonchev–Trinajstić information content (AvgIpc) is 2.93. The first kappa shape index (κ1) is 22.4. The molecular formula is C23H34O5. The predicted molar refractivity (Wildman–Crippen MR) is 107 cm³/mol. The van der Waals surface area contributed by atoms with E-state index in [9.17, 15) is 14.4 Å². The maximum absolute atomic E-state index is 12.8. The number of hydrogen-bond donors (Lipinski definition) is 0. The van der Waals surface area contributed by atoms with E-state index in [0.717, 1.165) is 17.6 Å². The summed E-state index contributed by atoms with van der Waals surface area (Å²) in [5.41, 5.74) is 1.79. The molecule has 0 aliphatic heterocycles. The zero-order valence-corrected chi connectivity index (χ0v) is 18.0. The number of Topliss-reactive ketones (excluding diaryl/α,β-unsaturated/α-hetero) is 1. The van der Waals surface area contributed by atoms with Crippen LogP contribution in [0.1, 0.15) is 60.8 Å². The molecule has 0 saturated heterocycles. The van der Waals surface area contributed by atoms with Crippen molar-refractivity contribution in [3.63, 3.8) is 0 Å². The lowest BCUT2D eigenvalue weighted by atomic mass is 9.63. The van der Waals surface area contributed by atoms with Crippen LogP contribution in [0.15, 0.2) is 23.8 Å². The first-order valence-corrected chi connectivity index (χ1v) is 10.3. The Morgan fingerprint density at radius 2 is 1.89 bits per heavy atom.